The van der Waals surface area contributed by atoms with Crippen molar-refractivity contribution in [3.63, 3.8) is 0 Å². The van der Waals surface area contributed by atoms with Gasteiger partial charge in [0.2, 0.25) is 0 Å². The second kappa shape index (κ2) is 15.0. The SMILES string of the molecule is CCCCOc1ccc(C2=N[C@@H](c3ccc(OCCCC)cc3O)NC(c3ccc(OCCCC)cc3O)=N2)c(O)c1. The highest BCUT2D eigenvalue weighted by molar-refractivity contribution is 6.14. The summed E-state index contributed by atoms with van der Waals surface area (Å²) in [5.74, 6) is 2.16. The van der Waals surface area contributed by atoms with Crippen molar-refractivity contribution in [1.29, 1.82) is 0 Å². The van der Waals surface area contributed by atoms with Crippen molar-refractivity contribution in [2.75, 3.05) is 19.8 Å². The number of aromatic hydroxyl groups is 3. The highest BCUT2D eigenvalue weighted by Gasteiger charge is 2.26. The van der Waals surface area contributed by atoms with Gasteiger partial charge in [0.1, 0.15) is 40.3 Å². The predicted molar refractivity (Wildman–Crippen MR) is 164 cm³/mol. The predicted octanol–water partition coefficient (Wildman–Crippen LogP) is 6.84. The van der Waals surface area contributed by atoms with Gasteiger partial charge in [0.05, 0.1) is 30.9 Å². The quantitative estimate of drug-likeness (QED) is 0.146. The lowest BCUT2D eigenvalue weighted by Gasteiger charge is -2.25. The Hall–Kier alpha value is -4.40. The van der Waals surface area contributed by atoms with Gasteiger partial charge >= 0.3 is 0 Å². The van der Waals surface area contributed by atoms with Crippen LogP contribution in [-0.2, 0) is 0 Å². The first-order valence-electron chi connectivity index (χ1n) is 14.7. The topological polar surface area (TPSA) is 125 Å². The van der Waals surface area contributed by atoms with E-state index in [0.717, 1.165) is 38.5 Å². The van der Waals surface area contributed by atoms with Gasteiger partial charge in [-0.3, -0.25) is 0 Å². The number of hydrogen-bond acceptors (Lipinski definition) is 9. The smallest absolute Gasteiger partial charge is 0.163 e. The minimum Gasteiger partial charge on any atom is -0.507 e. The van der Waals surface area contributed by atoms with Gasteiger partial charge in [-0.2, -0.15) is 0 Å². The third-order valence-electron chi connectivity index (χ3n) is 6.77. The fourth-order valence-electron chi connectivity index (χ4n) is 4.31. The molecule has 0 unspecified atom stereocenters. The molecule has 0 spiro atoms. The van der Waals surface area contributed by atoms with Crippen LogP contribution in [0.5, 0.6) is 34.5 Å². The second-order valence-electron chi connectivity index (χ2n) is 10.1. The molecule has 0 radical (unpaired) electrons. The molecule has 1 heterocycles. The van der Waals surface area contributed by atoms with Crippen molar-refractivity contribution in [3.05, 3.63) is 71.3 Å². The molecule has 224 valence electrons. The van der Waals surface area contributed by atoms with E-state index in [1.807, 2.05) is 0 Å². The molecule has 0 bridgehead atoms. The first kappa shape index (κ1) is 30.6. The van der Waals surface area contributed by atoms with Gasteiger partial charge in [-0.25, -0.2) is 9.98 Å². The Morgan fingerprint density at radius 1 is 0.643 bits per heavy atom. The number of unbranched alkanes of at least 4 members (excludes halogenated alkanes) is 3. The lowest BCUT2D eigenvalue weighted by Crippen LogP contribution is -2.33. The molecule has 3 aromatic carbocycles. The molecule has 4 N–H and O–H groups in total. The monoisotopic (exact) mass is 575 g/mol. The van der Waals surface area contributed by atoms with Crippen molar-refractivity contribution in [1.82, 2.24) is 5.32 Å². The fourth-order valence-corrected chi connectivity index (χ4v) is 4.31. The highest BCUT2D eigenvalue weighted by Crippen LogP contribution is 2.34. The van der Waals surface area contributed by atoms with E-state index in [1.54, 1.807) is 54.6 Å². The lowest BCUT2D eigenvalue weighted by molar-refractivity contribution is 0.307. The summed E-state index contributed by atoms with van der Waals surface area (Å²) < 4.78 is 17.2. The summed E-state index contributed by atoms with van der Waals surface area (Å²) in [5, 5.41) is 36.0. The fraction of sp³-hybridized carbons (Fsp3) is 0.394. The molecular formula is C33H41N3O6. The molecule has 9 heteroatoms. The minimum atomic E-state index is -0.767. The number of amidine groups is 2. The maximum absolute atomic E-state index is 10.9. The summed E-state index contributed by atoms with van der Waals surface area (Å²) in [6.45, 7) is 7.93. The van der Waals surface area contributed by atoms with Crippen LogP contribution in [0.15, 0.2) is 64.6 Å². The normalized spacial score (nSPS) is 14.5. The average molecular weight is 576 g/mol. The van der Waals surface area contributed by atoms with Crippen LogP contribution in [-0.4, -0.2) is 46.8 Å². The molecule has 1 aliphatic heterocycles. The van der Waals surface area contributed by atoms with E-state index in [4.69, 9.17) is 19.2 Å². The van der Waals surface area contributed by atoms with Crippen LogP contribution < -0.4 is 19.5 Å². The average Bonchev–Trinajstić information content (AvgIpc) is 2.97. The van der Waals surface area contributed by atoms with E-state index >= 15 is 0 Å². The van der Waals surface area contributed by atoms with Crippen LogP contribution in [0.1, 0.15) is 82.2 Å². The molecule has 1 atom stereocenters. The molecule has 4 rings (SSSR count). The Morgan fingerprint density at radius 3 is 1.60 bits per heavy atom. The zero-order valence-electron chi connectivity index (χ0n) is 24.6. The minimum absolute atomic E-state index is 0.00126. The number of ether oxygens (including phenoxy) is 3. The van der Waals surface area contributed by atoms with Gasteiger partial charge in [0, 0.05) is 23.8 Å². The molecule has 3 aromatic rings. The number of rotatable bonds is 15. The van der Waals surface area contributed by atoms with Crippen molar-refractivity contribution < 1.29 is 29.5 Å². The highest BCUT2D eigenvalue weighted by atomic mass is 16.5. The van der Waals surface area contributed by atoms with Crippen LogP contribution in [0.25, 0.3) is 0 Å². The Balaban J connectivity index is 1.69. The summed E-state index contributed by atoms with van der Waals surface area (Å²) in [4.78, 5) is 9.41. The molecule has 0 saturated carbocycles. The summed E-state index contributed by atoms with van der Waals surface area (Å²) in [6.07, 6.45) is 4.99. The summed E-state index contributed by atoms with van der Waals surface area (Å²) in [5.41, 5.74) is 1.30. The lowest BCUT2D eigenvalue weighted by atomic mass is 10.1. The van der Waals surface area contributed by atoms with Gasteiger partial charge < -0.3 is 34.8 Å². The Morgan fingerprint density at radius 2 is 1.12 bits per heavy atom. The first-order valence-corrected chi connectivity index (χ1v) is 14.7. The van der Waals surface area contributed by atoms with Crippen LogP contribution >= 0.6 is 0 Å². The van der Waals surface area contributed by atoms with E-state index in [-0.39, 0.29) is 23.1 Å². The standard InChI is InChI=1S/C33H41N3O6/c1-4-7-16-40-22-10-13-25(28(37)19-22)31-34-32(26-14-11-23(20-29(26)38)41-17-8-5-2)36-33(35-31)27-15-12-24(21-30(27)39)42-18-9-6-3/h10-15,19-21,31,37-39H,4-9,16-18H2,1-3H3,(H,34,35,36). The maximum Gasteiger partial charge on any atom is 0.163 e. The van der Waals surface area contributed by atoms with Gasteiger partial charge in [0.25, 0.3) is 0 Å². The van der Waals surface area contributed by atoms with Crippen molar-refractivity contribution in [3.8, 4) is 34.5 Å². The molecule has 0 fully saturated rings. The van der Waals surface area contributed by atoms with Crippen molar-refractivity contribution >= 4 is 11.7 Å². The van der Waals surface area contributed by atoms with Crippen molar-refractivity contribution in [2.45, 2.75) is 65.5 Å². The van der Waals surface area contributed by atoms with Gasteiger partial charge in [-0.1, -0.05) is 40.0 Å². The number of phenolic OH excluding ortho intramolecular Hbond substituents is 3. The molecule has 0 amide bonds. The molecule has 1 aliphatic rings. The molecule has 0 aromatic heterocycles. The van der Waals surface area contributed by atoms with Crippen LogP contribution in [0.3, 0.4) is 0 Å². The van der Waals surface area contributed by atoms with E-state index in [0.29, 0.717) is 59.6 Å². The summed E-state index contributed by atoms with van der Waals surface area (Å²) >= 11 is 0. The largest absolute Gasteiger partial charge is 0.507 e. The zero-order valence-corrected chi connectivity index (χ0v) is 24.6. The van der Waals surface area contributed by atoms with Gasteiger partial charge in [0.15, 0.2) is 12.0 Å². The molecule has 0 aliphatic carbocycles. The third-order valence-corrected chi connectivity index (χ3v) is 6.77. The Kier molecular flexibility index (Phi) is 10.9. The maximum atomic E-state index is 10.9. The Labute approximate surface area is 247 Å². The Bertz CT molecular complexity index is 1400. The van der Waals surface area contributed by atoms with Gasteiger partial charge in [-0.05, 0) is 55.7 Å². The molecule has 9 nitrogen and oxygen atoms in total. The van der Waals surface area contributed by atoms with E-state index in [1.165, 1.54) is 0 Å². The molecule has 0 saturated heterocycles. The number of hydrogen-bond donors (Lipinski definition) is 4. The molecular weight excluding hydrogens is 534 g/mol. The number of nitrogens with one attached hydrogen (secondary N) is 1. The van der Waals surface area contributed by atoms with Crippen LogP contribution in [0.4, 0.5) is 0 Å². The zero-order chi connectivity index (χ0) is 29.9. The number of benzene rings is 3. The number of aliphatic imine (C=N–C) groups is 2. The summed E-state index contributed by atoms with van der Waals surface area (Å²) in [7, 11) is 0. The molecule has 42 heavy (non-hydrogen) atoms. The van der Waals surface area contributed by atoms with Crippen molar-refractivity contribution in [2.24, 2.45) is 9.98 Å². The summed E-state index contributed by atoms with van der Waals surface area (Å²) in [6, 6.07) is 15.1. The number of nitrogens with zero attached hydrogens (tertiary/aromatic N) is 2. The van der Waals surface area contributed by atoms with Crippen LogP contribution in [0, 0.1) is 0 Å². The third kappa shape index (κ3) is 7.87. The first-order chi connectivity index (χ1) is 20.4. The van der Waals surface area contributed by atoms with E-state index < -0.39 is 6.17 Å². The second-order valence-corrected chi connectivity index (χ2v) is 10.1. The van der Waals surface area contributed by atoms with Crippen LogP contribution in [0.2, 0.25) is 0 Å². The van der Waals surface area contributed by atoms with E-state index in [9.17, 15) is 15.3 Å². The van der Waals surface area contributed by atoms with Gasteiger partial charge in [-0.15, -0.1) is 0 Å². The number of phenols is 3. The van der Waals surface area contributed by atoms with E-state index in [2.05, 4.69) is 31.1 Å².